The van der Waals surface area contributed by atoms with Crippen LogP contribution < -0.4 is 15.0 Å². The Morgan fingerprint density at radius 2 is 2.26 bits per heavy atom. The normalized spacial score (nSPS) is 18.1. The standard InChI is InChI=1S/C16H21N5O2/c1-3-23-15-7-6-12(9-17-15)19-14-5-4-8-21(16(14)22)13-10-18-20(2)11-13/h6-7,9-11,14,19H,3-5,8H2,1-2H3. The van der Waals surface area contributed by atoms with Gasteiger partial charge in [-0.25, -0.2) is 4.98 Å². The van der Waals surface area contributed by atoms with E-state index in [1.807, 2.05) is 26.2 Å². The van der Waals surface area contributed by atoms with E-state index in [1.54, 1.807) is 28.0 Å². The molecule has 7 heteroatoms. The minimum atomic E-state index is -0.247. The summed E-state index contributed by atoms with van der Waals surface area (Å²) in [5, 5.41) is 7.41. The average Bonchev–Trinajstić information content (AvgIpc) is 2.98. The topological polar surface area (TPSA) is 72.3 Å². The molecule has 3 rings (SSSR count). The summed E-state index contributed by atoms with van der Waals surface area (Å²) in [6.45, 7) is 3.23. The fraction of sp³-hybridized carbons (Fsp3) is 0.438. The lowest BCUT2D eigenvalue weighted by atomic mass is 10.0. The van der Waals surface area contributed by atoms with Crippen LogP contribution in [0.4, 0.5) is 11.4 Å². The second-order valence-electron chi connectivity index (χ2n) is 5.52. The van der Waals surface area contributed by atoms with Crippen LogP contribution in [-0.4, -0.2) is 39.9 Å². The minimum Gasteiger partial charge on any atom is -0.478 e. The van der Waals surface area contributed by atoms with Crippen LogP contribution in [0.25, 0.3) is 0 Å². The quantitative estimate of drug-likeness (QED) is 0.911. The number of aromatic nitrogens is 3. The van der Waals surface area contributed by atoms with E-state index in [4.69, 9.17) is 4.74 Å². The number of nitrogens with zero attached hydrogens (tertiary/aromatic N) is 4. The molecule has 2 aromatic heterocycles. The van der Waals surface area contributed by atoms with Gasteiger partial charge in [0.25, 0.3) is 0 Å². The number of carbonyl (C=O) groups is 1. The van der Waals surface area contributed by atoms with Crippen molar-refractivity contribution in [2.75, 3.05) is 23.4 Å². The van der Waals surface area contributed by atoms with Crippen LogP contribution in [0.15, 0.2) is 30.7 Å². The third kappa shape index (κ3) is 3.44. The number of nitrogens with one attached hydrogen (secondary N) is 1. The second-order valence-corrected chi connectivity index (χ2v) is 5.52. The van der Waals surface area contributed by atoms with E-state index >= 15 is 0 Å². The molecule has 2 aromatic rings. The van der Waals surface area contributed by atoms with Gasteiger partial charge in [-0.15, -0.1) is 0 Å². The Hall–Kier alpha value is -2.57. The van der Waals surface area contributed by atoms with Crippen LogP contribution in [0.5, 0.6) is 5.88 Å². The highest BCUT2D eigenvalue weighted by Crippen LogP contribution is 2.23. The lowest BCUT2D eigenvalue weighted by molar-refractivity contribution is -0.120. The molecule has 0 saturated carbocycles. The number of hydrogen-bond donors (Lipinski definition) is 1. The van der Waals surface area contributed by atoms with Crippen molar-refractivity contribution in [2.45, 2.75) is 25.8 Å². The fourth-order valence-electron chi connectivity index (χ4n) is 2.71. The van der Waals surface area contributed by atoms with Crippen LogP contribution in [0.1, 0.15) is 19.8 Å². The highest BCUT2D eigenvalue weighted by molar-refractivity contribution is 5.99. The first-order valence-electron chi connectivity index (χ1n) is 7.83. The number of ether oxygens (including phenoxy) is 1. The summed E-state index contributed by atoms with van der Waals surface area (Å²) in [5.74, 6) is 0.656. The number of aryl methyl sites for hydroxylation is 1. The van der Waals surface area contributed by atoms with E-state index < -0.39 is 0 Å². The number of anilines is 2. The van der Waals surface area contributed by atoms with Crippen molar-refractivity contribution in [1.29, 1.82) is 0 Å². The highest BCUT2D eigenvalue weighted by Gasteiger charge is 2.30. The van der Waals surface area contributed by atoms with Crippen LogP contribution in [0.2, 0.25) is 0 Å². The Bertz CT molecular complexity index is 667. The monoisotopic (exact) mass is 315 g/mol. The van der Waals surface area contributed by atoms with E-state index in [-0.39, 0.29) is 11.9 Å². The van der Waals surface area contributed by atoms with Crippen molar-refractivity contribution in [1.82, 2.24) is 14.8 Å². The number of pyridine rings is 1. The maximum atomic E-state index is 12.7. The number of hydrogen-bond acceptors (Lipinski definition) is 5. The Balaban J connectivity index is 1.68. The van der Waals surface area contributed by atoms with Gasteiger partial charge in [-0.05, 0) is 25.8 Å². The molecular weight excluding hydrogens is 294 g/mol. The Labute approximate surface area is 135 Å². The van der Waals surface area contributed by atoms with Gasteiger partial charge in [0, 0.05) is 25.9 Å². The third-order valence-electron chi connectivity index (χ3n) is 3.81. The predicted octanol–water partition coefficient (Wildman–Crippen LogP) is 1.82. The van der Waals surface area contributed by atoms with Gasteiger partial charge in [0.05, 0.1) is 30.4 Å². The second kappa shape index (κ2) is 6.68. The maximum absolute atomic E-state index is 12.7. The smallest absolute Gasteiger partial charge is 0.249 e. The first-order valence-corrected chi connectivity index (χ1v) is 7.83. The van der Waals surface area contributed by atoms with Gasteiger partial charge < -0.3 is 15.0 Å². The lowest BCUT2D eigenvalue weighted by Gasteiger charge is -2.32. The van der Waals surface area contributed by atoms with Crippen molar-refractivity contribution in [3.63, 3.8) is 0 Å². The zero-order chi connectivity index (χ0) is 16.2. The van der Waals surface area contributed by atoms with Crippen LogP contribution in [0.3, 0.4) is 0 Å². The fourth-order valence-corrected chi connectivity index (χ4v) is 2.71. The molecule has 7 nitrogen and oxygen atoms in total. The van der Waals surface area contributed by atoms with Crippen molar-refractivity contribution in [2.24, 2.45) is 7.05 Å². The molecular formula is C16H21N5O2. The van der Waals surface area contributed by atoms with E-state index in [1.165, 1.54) is 0 Å². The highest BCUT2D eigenvalue weighted by atomic mass is 16.5. The molecule has 0 radical (unpaired) electrons. The molecule has 0 aliphatic carbocycles. The number of carbonyl (C=O) groups excluding carboxylic acids is 1. The lowest BCUT2D eigenvalue weighted by Crippen LogP contribution is -2.47. The van der Waals surface area contributed by atoms with Crippen LogP contribution >= 0.6 is 0 Å². The van der Waals surface area contributed by atoms with Gasteiger partial charge in [0.2, 0.25) is 11.8 Å². The molecule has 1 aliphatic heterocycles. The van der Waals surface area contributed by atoms with Crippen LogP contribution in [0, 0.1) is 0 Å². The minimum absolute atomic E-state index is 0.0677. The largest absolute Gasteiger partial charge is 0.478 e. The number of rotatable bonds is 5. The Morgan fingerprint density at radius 1 is 1.39 bits per heavy atom. The summed E-state index contributed by atoms with van der Waals surface area (Å²) in [6.07, 6.45) is 7.03. The molecule has 0 bridgehead atoms. The van der Waals surface area contributed by atoms with E-state index in [0.717, 1.165) is 30.8 Å². The maximum Gasteiger partial charge on any atom is 0.249 e. The predicted molar refractivity (Wildman–Crippen MR) is 87.6 cm³/mol. The summed E-state index contributed by atoms with van der Waals surface area (Å²) < 4.78 is 7.03. The van der Waals surface area contributed by atoms with Crippen molar-refractivity contribution >= 4 is 17.3 Å². The van der Waals surface area contributed by atoms with Gasteiger partial charge in [0.15, 0.2) is 0 Å². The Kier molecular flexibility index (Phi) is 4.45. The zero-order valence-corrected chi connectivity index (χ0v) is 13.4. The molecule has 0 spiro atoms. The number of amides is 1. The molecule has 1 N–H and O–H groups in total. The third-order valence-corrected chi connectivity index (χ3v) is 3.81. The molecule has 1 aliphatic rings. The molecule has 1 atom stereocenters. The molecule has 23 heavy (non-hydrogen) atoms. The van der Waals surface area contributed by atoms with Gasteiger partial charge in [-0.2, -0.15) is 5.10 Å². The SMILES string of the molecule is CCOc1ccc(NC2CCCN(c3cnn(C)c3)C2=O)cn1. The molecule has 1 saturated heterocycles. The summed E-state index contributed by atoms with van der Waals surface area (Å²) >= 11 is 0. The summed E-state index contributed by atoms with van der Waals surface area (Å²) in [4.78, 5) is 18.7. The summed E-state index contributed by atoms with van der Waals surface area (Å²) in [6, 6.07) is 3.44. The molecule has 0 aromatic carbocycles. The first-order chi connectivity index (χ1) is 11.2. The van der Waals surface area contributed by atoms with Crippen molar-refractivity contribution in [3.05, 3.63) is 30.7 Å². The van der Waals surface area contributed by atoms with Gasteiger partial charge in [-0.1, -0.05) is 0 Å². The van der Waals surface area contributed by atoms with Crippen molar-refractivity contribution < 1.29 is 9.53 Å². The van der Waals surface area contributed by atoms with Gasteiger partial charge >= 0.3 is 0 Å². The van der Waals surface area contributed by atoms with Crippen LogP contribution in [-0.2, 0) is 11.8 Å². The summed E-state index contributed by atoms with van der Waals surface area (Å²) in [7, 11) is 1.85. The van der Waals surface area contributed by atoms with Crippen molar-refractivity contribution in [3.8, 4) is 5.88 Å². The van der Waals surface area contributed by atoms with E-state index in [2.05, 4.69) is 15.4 Å². The molecule has 1 unspecified atom stereocenters. The Morgan fingerprint density at radius 3 is 2.91 bits per heavy atom. The first kappa shape index (κ1) is 15.3. The summed E-state index contributed by atoms with van der Waals surface area (Å²) in [5.41, 5.74) is 1.66. The molecule has 122 valence electrons. The zero-order valence-electron chi connectivity index (χ0n) is 13.4. The van der Waals surface area contributed by atoms with Gasteiger partial charge in [-0.3, -0.25) is 9.48 Å². The molecule has 3 heterocycles. The van der Waals surface area contributed by atoms with Gasteiger partial charge in [0.1, 0.15) is 6.04 Å². The molecule has 1 fully saturated rings. The van der Waals surface area contributed by atoms with E-state index in [9.17, 15) is 4.79 Å². The van der Waals surface area contributed by atoms with E-state index in [0.29, 0.717) is 12.5 Å². The number of piperidine rings is 1. The average molecular weight is 315 g/mol. The molecule has 1 amide bonds.